The second-order valence-corrected chi connectivity index (χ2v) is 7.98. The number of rotatable bonds is 6. The second-order valence-electron chi connectivity index (χ2n) is 6.70. The van der Waals surface area contributed by atoms with Crippen LogP contribution in [0.3, 0.4) is 0 Å². The van der Waals surface area contributed by atoms with Crippen molar-refractivity contribution in [1.82, 2.24) is 0 Å². The number of halogens is 3. The largest absolute Gasteiger partial charge is 0.488 e. The molecular formula is C24H17Cl3N2O2. The van der Waals surface area contributed by atoms with Crippen molar-refractivity contribution >= 4 is 52.5 Å². The van der Waals surface area contributed by atoms with Crippen LogP contribution in [0, 0.1) is 18.3 Å². The fourth-order valence-electron chi connectivity index (χ4n) is 2.78. The Morgan fingerprint density at radius 1 is 1.06 bits per heavy atom. The molecule has 0 fully saturated rings. The van der Waals surface area contributed by atoms with Crippen LogP contribution in [0.15, 0.2) is 66.2 Å². The third kappa shape index (κ3) is 6.26. The van der Waals surface area contributed by atoms with Crippen molar-refractivity contribution in [2.45, 2.75) is 13.5 Å². The normalized spacial score (nSPS) is 11.0. The standard InChI is InChI=1S/C24H17Cl3N2O2/c1-15-3-2-4-21(9-15)29-24(30)18(13-28)10-17-11-19(25)7-8-23(17)31-14-16-5-6-20(26)12-22(16)27/h2-12H,14H2,1H3,(H,29,30)/b18-10+. The average molecular weight is 472 g/mol. The van der Waals surface area contributed by atoms with E-state index in [0.717, 1.165) is 11.1 Å². The Bertz CT molecular complexity index is 1200. The van der Waals surface area contributed by atoms with Crippen LogP contribution in [0.1, 0.15) is 16.7 Å². The molecule has 0 saturated carbocycles. The molecule has 7 heteroatoms. The summed E-state index contributed by atoms with van der Waals surface area (Å²) in [5.74, 6) is -0.0775. The molecule has 0 bridgehead atoms. The Labute approximate surface area is 195 Å². The molecule has 0 spiro atoms. The van der Waals surface area contributed by atoms with Gasteiger partial charge < -0.3 is 10.1 Å². The first-order valence-corrected chi connectivity index (χ1v) is 10.3. The van der Waals surface area contributed by atoms with Crippen molar-refractivity contribution in [2.24, 2.45) is 0 Å². The number of nitriles is 1. The number of anilines is 1. The van der Waals surface area contributed by atoms with Gasteiger partial charge in [0.05, 0.1) is 0 Å². The summed E-state index contributed by atoms with van der Waals surface area (Å²) in [6.45, 7) is 2.09. The van der Waals surface area contributed by atoms with Crippen molar-refractivity contribution in [3.05, 3.63) is 98.0 Å². The van der Waals surface area contributed by atoms with Gasteiger partial charge in [0, 0.05) is 31.9 Å². The van der Waals surface area contributed by atoms with E-state index in [0.29, 0.717) is 32.1 Å². The van der Waals surface area contributed by atoms with Gasteiger partial charge in [0.2, 0.25) is 0 Å². The molecule has 3 rings (SSSR count). The maximum Gasteiger partial charge on any atom is 0.266 e. The monoisotopic (exact) mass is 470 g/mol. The minimum atomic E-state index is -0.528. The van der Waals surface area contributed by atoms with E-state index in [-0.39, 0.29) is 12.2 Å². The van der Waals surface area contributed by atoms with Gasteiger partial charge in [-0.15, -0.1) is 0 Å². The molecule has 31 heavy (non-hydrogen) atoms. The smallest absolute Gasteiger partial charge is 0.266 e. The highest BCUT2D eigenvalue weighted by atomic mass is 35.5. The number of ether oxygens (including phenoxy) is 1. The summed E-state index contributed by atoms with van der Waals surface area (Å²) in [7, 11) is 0. The summed E-state index contributed by atoms with van der Waals surface area (Å²) in [5, 5.41) is 13.7. The summed E-state index contributed by atoms with van der Waals surface area (Å²) < 4.78 is 5.89. The highest BCUT2D eigenvalue weighted by Gasteiger charge is 2.13. The molecule has 1 N–H and O–H groups in total. The number of benzene rings is 3. The van der Waals surface area contributed by atoms with Crippen LogP contribution in [0.2, 0.25) is 15.1 Å². The van der Waals surface area contributed by atoms with E-state index in [2.05, 4.69) is 5.32 Å². The molecule has 0 aromatic heterocycles. The zero-order valence-corrected chi connectivity index (χ0v) is 18.7. The van der Waals surface area contributed by atoms with Crippen molar-refractivity contribution in [1.29, 1.82) is 5.26 Å². The van der Waals surface area contributed by atoms with Crippen LogP contribution in [0.5, 0.6) is 5.75 Å². The van der Waals surface area contributed by atoms with Crippen molar-refractivity contribution < 1.29 is 9.53 Å². The van der Waals surface area contributed by atoms with E-state index in [1.807, 2.05) is 31.2 Å². The van der Waals surface area contributed by atoms with Crippen LogP contribution in [0.25, 0.3) is 6.08 Å². The lowest BCUT2D eigenvalue weighted by Crippen LogP contribution is -2.13. The molecule has 4 nitrogen and oxygen atoms in total. The highest BCUT2D eigenvalue weighted by molar-refractivity contribution is 6.35. The molecule has 156 valence electrons. The maximum absolute atomic E-state index is 12.6. The van der Waals surface area contributed by atoms with E-state index in [9.17, 15) is 10.1 Å². The maximum atomic E-state index is 12.6. The molecule has 0 saturated heterocycles. The summed E-state index contributed by atoms with van der Waals surface area (Å²) in [6.07, 6.45) is 1.44. The lowest BCUT2D eigenvalue weighted by Gasteiger charge is -2.12. The Hall–Kier alpha value is -2.97. The predicted molar refractivity (Wildman–Crippen MR) is 126 cm³/mol. The number of nitrogens with zero attached hydrogens (tertiary/aromatic N) is 1. The van der Waals surface area contributed by atoms with Gasteiger partial charge >= 0.3 is 0 Å². The van der Waals surface area contributed by atoms with Gasteiger partial charge in [-0.2, -0.15) is 5.26 Å². The molecule has 3 aromatic rings. The quantitative estimate of drug-likeness (QED) is 0.308. The third-order valence-corrected chi connectivity index (χ3v) is 5.13. The first-order chi connectivity index (χ1) is 14.9. The number of hydrogen-bond donors (Lipinski definition) is 1. The van der Waals surface area contributed by atoms with Crippen molar-refractivity contribution in [3.8, 4) is 11.8 Å². The topological polar surface area (TPSA) is 62.1 Å². The zero-order chi connectivity index (χ0) is 22.4. The fourth-order valence-corrected chi connectivity index (χ4v) is 3.43. The second kappa shape index (κ2) is 10.4. The van der Waals surface area contributed by atoms with Gasteiger partial charge in [0.1, 0.15) is 24.0 Å². The van der Waals surface area contributed by atoms with E-state index < -0.39 is 5.91 Å². The highest BCUT2D eigenvalue weighted by Crippen LogP contribution is 2.28. The molecule has 0 atom stereocenters. The van der Waals surface area contributed by atoms with Gasteiger partial charge in [-0.25, -0.2) is 0 Å². The van der Waals surface area contributed by atoms with Gasteiger partial charge in [-0.05, 0) is 61.0 Å². The zero-order valence-electron chi connectivity index (χ0n) is 16.5. The van der Waals surface area contributed by atoms with Gasteiger partial charge in [0.15, 0.2) is 0 Å². The Morgan fingerprint density at radius 2 is 1.81 bits per heavy atom. The molecule has 0 radical (unpaired) electrons. The third-order valence-electron chi connectivity index (χ3n) is 4.31. The number of aryl methyl sites for hydroxylation is 1. The van der Waals surface area contributed by atoms with Crippen LogP contribution in [-0.2, 0) is 11.4 Å². The summed E-state index contributed by atoms with van der Waals surface area (Å²) in [5.41, 5.74) is 2.75. The fraction of sp³-hybridized carbons (Fsp3) is 0.0833. The Balaban J connectivity index is 1.84. The Morgan fingerprint density at radius 3 is 2.52 bits per heavy atom. The molecule has 0 aliphatic rings. The summed E-state index contributed by atoms with van der Waals surface area (Å²) >= 11 is 18.3. The molecule has 0 unspecified atom stereocenters. The number of amides is 1. The number of carbonyl (C=O) groups excluding carboxylic acids is 1. The lowest BCUT2D eigenvalue weighted by atomic mass is 10.1. The van der Waals surface area contributed by atoms with Crippen LogP contribution in [0.4, 0.5) is 5.69 Å². The Kier molecular flexibility index (Phi) is 7.59. The van der Waals surface area contributed by atoms with Crippen molar-refractivity contribution in [2.75, 3.05) is 5.32 Å². The van der Waals surface area contributed by atoms with Gasteiger partial charge in [0.25, 0.3) is 5.91 Å². The molecule has 3 aromatic carbocycles. The molecule has 0 aliphatic heterocycles. The number of hydrogen-bond acceptors (Lipinski definition) is 3. The number of nitrogens with one attached hydrogen (secondary N) is 1. The van der Waals surface area contributed by atoms with E-state index in [4.69, 9.17) is 39.5 Å². The molecular weight excluding hydrogens is 455 g/mol. The number of carbonyl (C=O) groups is 1. The summed E-state index contributed by atoms with van der Waals surface area (Å²) in [6, 6.07) is 19.3. The predicted octanol–water partition coefficient (Wildman–Crippen LogP) is 7.08. The van der Waals surface area contributed by atoms with E-state index >= 15 is 0 Å². The van der Waals surface area contributed by atoms with Crippen molar-refractivity contribution in [3.63, 3.8) is 0 Å². The van der Waals surface area contributed by atoms with Crippen LogP contribution >= 0.6 is 34.8 Å². The average Bonchev–Trinajstić information content (AvgIpc) is 2.72. The van der Waals surface area contributed by atoms with Gasteiger partial charge in [-0.3, -0.25) is 4.79 Å². The molecule has 0 aliphatic carbocycles. The molecule has 1 amide bonds. The first kappa shape index (κ1) is 22.7. The molecule has 0 heterocycles. The minimum absolute atomic E-state index is 0.0850. The summed E-state index contributed by atoms with van der Waals surface area (Å²) in [4.78, 5) is 12.6. The SMILES string of the molecule is Cc1cccc(NC(=O)/C(C#N)=C/c2cc(Cl)ccc2OCc2ccc(Cl)cc2Cl)c1. The first-order valence-electron chi connectivity index (χ1n) is 9.22. The van der Waals surface area contributed by atoms with Crippen LogP contribution in [-0.4, -0.2) is 5.91 Å². The van der Waals surface area contributed by atoms with Gasteiger partial charge in [-0.1, -0.05) is 53.0 Å². The van der Waals surface area contributed by atoms with E-state index in [1.165, 1.54) is 6.08 Å². The van der Waals surface area contributed by atoms with E-state index in [1.54, 1.807) is 42.5 Å². The van der Waals surface area contributed by atoms with Crippen LogP contribution < -0.4 is 10.1 Å². The lowest BCUT2D eigenvalue weighted by molar-refractivity contribution is -0.112. The minimum Gasteiger partial charge on any atom is -0.488 e.